The largest absolute Gasteiger partial charge is 0.351 e. The lowest BCUT2D eigenvalue weighted by molar-refractivity contribution is -0.117. The summed E-state index contributed by atoms with van der Waals surface area (Å²) < 4.78 is 0.922. The summed E-state index contributed by atoms with van der Waals surface area (Å²) in [5.41, 5.74) is 0.977. The molecule has 1 rings (SSSR count). The van der Waals surface area contributed by atoms with Gasteiger partial charge in [0.25, 0.3) is 5.91 Å². The number of amides is 1. The predicted molar refractivity (Wildman–Crippen MR) is 94.1 cm³/mol. The number of halogens is 1. The Morgan fingerprint density at radius 3 is 2.68 bits per heavy atom. The Balaban J connectivity index is 2.40. The number of nitrogens with zero attached hydrogens (tertiary/aromatic N) is 1. The summed E-state index contributed by atoms with van der Waals surface area (Å²) in [6.45, 7) is 2.82. The Hall–Kier alpha value is -1.60. The summed E-state index contributed by atoms with van der Waals surface area (Å²) in [4.78, 5) is 12.0. The quantitative estimate of drug-likeness (QED) is 0.388. The minimum Gasteiger partial charge on any atom is -0.351 e. The lowest BCUT2D eigenvalue weighted by Crippen LogP contribution is -2.25. The van der Waals surface area contributed by atoms with E-state index in [1.54, 1.807) is 6.08 Å². The van der Waals surface area contributed by atoms with E-state index >= 15 is 0 Å². The van der Waals surface area contributed by atoms with E-state index in [-0.39, 0.29) is 11.5 Å². The first-order valence-corrected chi connectivity index (χ1v) is 8.62. The van der Waals surface area contributed by atoms with Gasteiger partial charge in [0.05, 0.1) is 0 Å². The molecule has 4 heteroatoms. The number of hydrogen-bond acceptors (Lipinski definition) is 2. The molecule has 0 heterocycles. The molecule has 0 atom stereocenters. The smallest absolute Gasteiger partial charge is 0.261 e. The van der Waals surface area contributed by atoms with Crippen LogP contribution in [0.2, 0.25) is 0 Å². The molecule has 3 nitrogen and oxygen atoms in total. The second-order valence-electron chi connectivity index (χ2n) is 5.25. The second-order valence-corrected chi connectivity index (χ2v) is 6.16. The maximum Gasteiger partial charge on any atom is 0.261 e. The number of nitrogens with one attached hydrogen (secondary N) is 1. The Kier molecular flexibility index (Phi) is 9.25. The number of carbonyl (C=O) groups is 1. The molecule has 0 fully saturated rings. The number of hydrogen-bond donors (Lipinski definition) is 1. The van der Waals surface area contributed by atoms with E-state index in [4.69, 9.17) is 5.26 Å². The van der Waals surface area contributed by atoms with Crippen molar-refractivity contribution in [1.29, 1.82) is 5.26 Å². The molecule has 1 aromatic rings. The number of nitriles is 1. The van der Waals surface area contributed by atoms with E-state index in [9.17, 15) is 4.79 Å². The summed E-state index contributed by atoms with van der Waals surface area (Å²) in [5.74, 6) is -0.295. The van der Waals surface area contributed by atoms with Crippen LogP contribution in [-0.4, -0.2) is 12.5 Å². The first kappa shape index (κ1) is 18.4. The summed E-state index contributed by atoms with van der Waals surface area (Å²) in [6, 6.07) is 9.49. The van der Waals surface area contributed by atoms with Crippen LogP contribution in [0.1, 0.15) is 51.0 Å². The van der Waals surface area contributed by atoms with Gasteiger partial charge in [-0.1, -0.05) is 67.1 Å². The first-order chi connectivity index (χ1) is 10.7. The molecular formula is C18H23BrN2O. The minimum absolute atomic E-state index is 0.143. The molecule has 0 radical (unpaired) electrons. The summed E-state index contributed by atoms with van der Waals surface area (Å²) in [7, 11) is 0. The fourth-order valence-electron chi connectivity index (χ4n) is 2.11. The fourth-order valence-corrected chi connectivity index (χ4v) is 2.53. The third-order valence-electron chi connectivity index (χ3n) is 3.34. The highest BCUT2D eigenvalue weighted by atomic mass is 79.9. The predicted octanol–water partition coefficient (Wildman–Crippen LogP) is 4.83. The minimum atomic E-state index is -0.295. The number of unbranched alkanes of at least 4 members (excludes halogenated alkanes) is 5. The second kappa shape index (κ2) is 11.0. The van der Waals surface area contributed by atoms with E-state index in [2.05, 4.69) is 28.2 Å². The van der Waals surface area contributed by atoms with Crippen molar-refractivity contribution >= 4 is 27.9 Å². The molecule has 1 amide bonds. The van der Waals surface area contributed by atoms with Crippen molar-refractivity contribution in [3.63, 3.8) is 0 Å². The molecule has 0 aliphatic rings. The molecule has 0 spiro atoms. The monoisotopic (exact) mass is 362 g/mol. The SMILES string of the molecule is CCCCCCCCNC(=O)/C(C#N)=C/c1cccc(Br)c1. The maximum atomic E-state index is 12.0. The molecule has 0 bridgehead atoms. The van der Waals surface area contributed by atoms with Crippen LogP contribution in [0.5, 0.6) is 0 Å². The lowest BCUT2D eigenvalue weighted by Gasteiger charge is -2.04. The van der Waals surface area contributed by atoms with Crippen molar-refractivity contribution in [2.75, 3.05) is 6.54 Å². The van der Waals surface area contributed by atoms with Gasteiger partial charge in [0, 0.05) is 11.0 Å². The van der Waals surface area contributed by atoms with Gasteiger partial charge in [0.1, 0.15) is 11.6 Å². The number of rotatable bonds is 9. The highest BCUT2D eigenvalue weighted by Crippen LogP contribution is 2.14. The zero-order valence-electron chi connectivity index (χ0n) is 13.1. The van der Waals surface area contributed by atoms with E-state index in [1.807, 2.05) is 30.3 Å². The van der Waals surface area contributed by atoms with Crippen LogP contribution in [-0.2, 0) is 4.79 Å². The van der Waals surface area contributed by atoms with Crippen molar-refractivity contribution in [2.24, 2.45) is 0 Å². The highest BCUT2D eigenvalue weighted by molar-refractivity contribution is 9.10. The van der Waals surface area contributed by atoms with Gasteiger partial charge in [-0.2, -0.15) is 5.26 Å². The van der Waals surface area contributed by atoms with Crippen LogP contribution in [0.15, 0.2) is 34.3 Å². The van der Waals surface area contributed by atoms with Gasteiger partial charge in [0.15, 0.2) is 0 Å². The normalized spacial score (nSPS) is 11.0. The van der Waals surface area contributed by atoms with Crippen molar-refractivity contribution in [3.05, 3.63) is 39.9 Å². The molecule has 0 aliphatic heterocycles. The Morgan fingerprint density at radius 1 is 1.27 bits per heavy atom. The topological polar surface area (TPSA) is 52.9 Å². The molecule has 0 saturated heterocycles. The van der Waals surface area contributed by atoms with Gasteiger partial charge in [-0.3, -0.25) is 4.79 Å². The lowest BCUT2D eigenvalue weighted by atomic mass is 10.1. The molecule has 0 unspecified atom stereocenters. The van der Waals surface area contributed by atoms with Crippen molar-refractivity contribution in [2.45, 2.75) is 45.4 Å². The Bertz CT molecular complexity index is 546. The average Bonchev–Trinajstić information content (AvgIpc) is 2.51. The summed E-state index contributed by atoms with van der Waals surface area (Å²) in [5, 5.41) is 12.0. The van der Waals surface area contributed by atoms with Crippen LogP contribution in [0.25, 0.3) is 6.08 Å². The zero-order valence-corrected chi connectivity index (χ0v) is 14.7. The molecule has 1 aromatic carbocycles. The third-order valence-corrected chi connectivity index (χ3v) is 3.83. The van der Waals surface area contributed by atoms with Gasteiger partial charge in [-0.25, -0.2) is 0 Å². The van der Waals surface area contributed by atoms with Crippen LogP contribution >= 0.6 is 15.9 Å². The van der Waals surface area contributed by atoms with E-state index in [0.717, 1.165) is 22.9 Å². The van der Waals surface area contributed by atoms with E-state index in [1.165, 1.54) is 25.7 Å². The van der Waals surface area contributed by atoms with E-state index in [0.29, 0.717) is 6.54 Å². The maximum absolute atomic E-state index is 12.0. The molecule has 0 aromatic heterocycles. The van der Waals surface area contributed by atoms with Crippen molar-refractivity contribution in [1.82, 2.24) is 5.32 Å². The van der Waals surface area contributed by atoms with Crippen molar-refractivity contribution in [3.8, 4) is 6.07 Å². The van der Waals surface area contributed by atoms with Crippen LogP contribution in [0, 0.1) is 11.3 Å². The molecule has 0 saturated carbocycles. The Morgan fingerprint density at radius 2 is 2.00 bits per heavy atom. The standard InChI is InChI=1S/C18H23BrN2O/c1-2-3-4-5-6-7-11-21-18(22)16(14-20)12-15-9-8-10-17(19)13-15/h8-10,12-13H,2-7,11H2,1H3,(H,21,22)/b16-12+. The van der Waals surface area contributed by atoms with Crippen LogP contribution in [0.4, 0.5) is 0 Å². The third kappa shape index (κ3) is 7.42. The van der Waals surface area contributed by atoms with Gasteiger partial charge in [-0.05, 0) is 30.2 Å². The van der Waals surface area contributed by atoms with Crippen LogP contribution in [0.3, 0.4) is 0 Å². The zero-order chi connectivity index (χ0) is 16.2. The number of carbonyl (C=O) groups excluding carboxylic acids is 1. The van der Waals surface area contributed by atoms with Crippen molar-refractivity contribution < 1.29 is 4.79 Å². The summed E-state index contributed by atoms with van der Waals surface area (Å²) in [6.07, 6.45) is 8.69. The van der Waals surface area contributed by atoms with Gasteiger partial charge in [-0.15, -0.1) is 0 Å². The van der Waals surface area contributed by atoms with Gasteiger partial charge < -0.3 is 5.32 Å². The molecule has 22 heavy (non-hydrogen) atoms. The number of benzene rings is 1. The summed E-state index contributed by atoms with van der Waals surface area (Å²) >= 11 is 3.38. The van der Waals surface area contributed by atoms with Crippen LogP contribution < -0.4 is 5.32 Å². The molecule has 1 N–H and O–H groups in total. The average molecular weight is 363 g/mol. The van der Waals surface area contributed by atoms with E-state index < -0.39 is 0 Å². The Labute approximate surface area is 141 Å². The fraction of sp³-hybridized carbons (Fsp3) is 0.444. The molecule has 118 valence electrons. The first-order valence-electron chi connectivity index (χ1n) is 7.83. The van der Waals surface area contributed by atoms with Gasteiger partial charge in [0.2, 0.25) is 0 Å². The van der Waals surface area contributed by atoms with Gasteiger partial charge >= 0.3 is 0 Å². The highest BCUT2D eigenvalue weighted by Gasteiger charge is 2.08. The molecule has 0 aliphatic carbocycles. The molecular weight excluding hydrogens is 340 g/mol.